The predicted octanol–water partition coefficient (Wildman–Crippen LogP) is 7.08. The number of nitrogens with one attached hydrogen (secondary N) is 6. The largest absolute Gasteiger partial charge is 0.355 e. The molecule has 12 bridgehead atoms. The first-order valence-electron chi connectivity index (χ1n) is 19.7. The summed E-state index contributed by atoms with van der Waals surface area (Å²) in [6, 6.07) is 0. The molecule has 7 heterocycles. The lowest BCUT2D eigenvalue weighted by Gasteiger charge is -1.98. The van der Waals surface area contributed by atoms with Gasteiger partial charge in [-0.05, 0) is 171 Å². The molecular formula is C46H58N6. The van der Waals surface area contributed by atoms with Gasteiger partial charge in [-0.15, -0.1) is 0 Å². The van der Waals surface area contributed by atoms with E-state index in [1.165, 1.54) is 132 Å². The van der Waals surface area contributed by atoms with E-state index in [0.29, 0.717) is 0 Å². The molecule has 0 amide bonds. The fourth-order valence-corrected chi connectivity index (χ4v) is 9.32. The van der Waals surface area contributed by atoms with Gasteiger partial charge in [0.1, 0.15) is 0 Å². The molecule has 0 atom stereocenters. The van der Waals surface area contributed by atoms with Gasteiger partial charge in [-0.2, -0.15) is 0 Å². The van der Waals surface area contributed by atoms with Gasteiger partial charge in [0, 0.05) is 44.2 Å². The van der Waals surface area contributed by atoms with Crippen molar-refractivity contribution in [2.75, 3.05) is 0 Å². The zero-order valence-electron chi connectivity index (χ0n) is 33.6. The number of aromatic amines is 6. The van der Waals surface area contributed by atoms with Crippen LogP contribution in [0.3, 0.4) is 0 Å². The summed E-state index contributed by atoms with van der Waals surface area (Å²) in [7, 11) is 0. The molecule has 1 aliphatic heterocycles. The van der Waals surface area contributed by atoms with E-state index in [-0.39, 0.29) is 0 Å². The average Bonchev–Trinajstić information content (AvgIpc) is 3.92. The van der Waals surface area contributed by atoms with Gasteiger partial charge in [0.15, 0.2) is 0 Å². The van der Waals surface area contributed by atoms with Crippen LogP contribution in [-0.4, -0.2) is 29.9 Å². The molecule has 0 saturated heterocycles. The van der Waals surface area contributed by atoms with Crippen LogP contribution in [0.2, 0.25) is 0 Å². The summed E-state index contributed by atoms with van der Waals surface area (Å²) < 4.78 is 0. The number of hydrogen-bond acceptors (Lipinski definition) is 0. The first-order valence-corrected chi connectivity index (χ1v) is 19.7. The lowest BCUT2D eigenvalue weighted by Crippen LogP contribution is -2.09. The van der Waals surface area contributed by atoms with Gasteiger partial charge in [-0.25, -0.2) is 0 Å². The standard InChI is InChI=1S/C46H58N6/c1-13-29-23(7)35-19-39-31(15-3)25(9)43(49-39)44-26(10)32(16-4)40(50-44)20-36-24(8)30(14-2)38(48-36)22-42-34(18-6)28(12)46(52-42)45-27(11)33(17-5)41(51-45)21-37(29)47-35/h19-22,47-52H,13-18H2,1-12H3. The van der Waals surface area contributed by atoms with Crippen molar-refractivity contribution in [3.63, 3.8) is 0 Å². The third kappa shape index (κ3) is 5.45. The van der Waals surface area contributed by atoms with Crippen molar-refractivity contribution < 1.29 is 0 Å². The SMILES string of the molecule is CCc1c2[nH]c(c1C)C=c1[nH]c(c(C)c1CC)=c1[nH]c(c(CC)c1C)=Cc1[nH]c(c(CC)c1C)C=c1[nH]c(c(C)c1CC)=c1[nH]c(c(CC)c1C)=C2. The molecule has 1 aliphatic rings. The van der Waals surface area contributed by atoms with Gasteiger partial charge in [0.2, 0.25) is 0 Å². The van der Waals surface area contributed by atoms with Gasteiger partial charge >= 0.3 is 0 Å². The van der Waals surface area contributed by atoms with E-state index < -0.39 is 0 Å². The second kappa shape index (κ2) is 13.6. The third-order valence-electron chi connectivity index (χ3n) is 12.3. The fraction of sp³-hybridized carbons (Fsp3) is 0.391. The molecule has 0 saturated carbocycles. The lowest BCUT2D eigenvalue weighted by molar-refractivity contribution is 1.09. The van der Waals surface area contributed by atoms with Crippen molar-refractivity contribution >= 4 is 24.3 Å². The zero-order chi connectivity index (χ0) is 37.2. The molecule has 0 unspecified atom stereocenters. The van der Waals surface area contributed by atoms with Crippen LogP contribution in [0.5, 0.6) is 0 Å². The Balaban J connectivity index is 1.70. The van der Waals surface area contributed by atoms with Gasteiger partial charge in [-0.1, -0.05) is 41.5 Å². The van der Waals surface area contributed by atoms with E-state index in [2.05, 4.69) is 137 Å². The second-order valence-electron chi connectivity index (χ2n) is 14.9. The molecule has 0 radical (unpaired) electrons. The maximum absolute atomic E-state index is 3.92. The van der Waals surface area contributed by atoms with E-state index in [1.54, 1.807) is 0 Å². The Bertz CT molecular complexity index is 2620. The Morgan fingerprint density at radius 2 is 0.519 bits per heavy atom. The highest BCUT2D eigenvalue weighted by atomic mass is 14.8. The number of H-pyrrole nitrogens is 6. The maximum Gasteiger partial charge on any atom is 0.0659 e. The fourth-order valence-electron chi connectivity index (χ4n) is 9.32. The first kappa shape index (κ1) is 35.6. The molecule has 6 N–H and O–H groups in total. The van der Waals surface area contributed by atoms with Crippen molar-refractivity contribution in [1.82, 2.24) is 29.9 Å². The molecule has 0 fully saturated rings. The molecule has 6 nitrogen and oxygen atoms in total. The zero-order valence-corrected chi connectivity index (χ0v) is 33.6. The monoisotopic (exact) mass is 694 g/mol. The van der Waals surface area contributed by atoms with Crippen molar-refractivity contribution in [2.45, 2.75) is 122 Å². The highest BCUT2D eigenvalue weighted by Crippen LogP contribution is 2.23. The minimum absolute atomic E-state index is 0.956. The van der Waals surface area contributed by atoms with Crippen LogP contribution in [0, 0.1) is 62.9 Å². The molecule has 272 valence electrons. The summed E-state index contributed by atoms with van der Waals surface area (Å²) in [5.74, 6) is 0. The molecule has 6 heteroatoms. The number of rotatable bonds is 6. The minimum atomic E-state index is 0.956. The third-order valence-corrected chi connectivity index (χ3v) is 12.3. The van der Waals surface area contributed by atoms with Crippen LogP contribution in [0.1, 0.15) is 131 Å². The Morgan fingerprint density at radius 3 is 0.750 bits per heavy atom. The highest BCUT2D eigenvalue weighted by Gasteiger charge is 2.17. The Labute approximate surface area is 307 Å². The van der Waals surface area contributed by atoms with Crippen molar-refractivity contribution in [1.29, 1.82) is 0 Å². The molecule has 7 rings (SSSR count). The lowest BCUT2D eigenvalue weighted by atomic mass is 10.0. The van der Waals surface area contributed by atoms with E-state index in [1.807, 2.05) is 0 Å². The summed E-state index contributed by atoms with van der Waals surface area (Å²) in [5, 5.41) is 9.46. The smallest absolute Gasteiger partial charge is 0.0659 e. The van der Waals surface area contributed by atoms with Crippen LogP contribution >= 0.6 is 0 Å². The predicted molar refractivity (Wildman–Crippen MR) is 218 cm³/mol. The number of hydrogen-bond donors (Lipinski definition) is 6. The van der Waals surface area contributed by atoms with Crippen molar-refractivity contribution in [3.8, 4) is 0 Å². The van der Waals surface area contributed by atoms with Crippen LogP contribution in [-0.2, 0) is 38.5 Å². The number of fused-ring (bicyclic) bond motifs is 12. The molecule has 0 spiro atoms. The summed E-state index contributed by atoms with van der Waals surface area (Å²) in [5.41, 5.74) is 20.8. The van der Waals surface area contributed by atoms with E-state index in [0.717, 1.165) is 38.5 Å². The molecule has 0 aliphatic carbocycles. The van der Waals surface area contributed by atoms with Gasteiger partial charge in [0.25, 0.3) is 0 Å². The normalized spacial score (nSPS) is 12.5. The van der Waals surface area contributed by atoms with Crippen LogP contribution in [0.15, 0.2) is 0 Å². The van der Waals surface area contributed by atoms with E-state index in [9.17, 15) is 0 Å². The summed E-state index contributed by atoms with van der Waals surface area (Å²) >= 11 is 0. The molecular weight excluding hydrogens is 637 g/mol. The Kier molecular flexibility index (Phi) is 9.31. The Hall–Kier alpha value is -4.84. The molecule has 52 heavy (non-hydrogen) atoms. The van der Waals surface area contributed by atoms with Crippen LogP contribution < -0.4 is 21.4 Å². The van der Waals surface area contributed by atoms with Crippen LogP contribution in [0.25, 0.3) is 24.3 Å². The second-order valence-corrected chi connectivity index (χ2v) is 14.9. The topological polar surface area (TPSA) is 94.7 Å². The molecule has 6 aromatic heterocycles. The highest BCUT2D eigenvalue weighted by molar-refractivity contribution is 5.64. The number of aromatic nitrogens is 6. The molecule has 6 aromatic rings. The minimum Gasteiger partial charge on any atom is -0.355 e. The maximum atomic E-state index is 3.92. The summed E-state index contributed by atoms with van der Waals surface area (Å²) in [4.78, 5) is 23.4. The van der Waals surface area contributed by atoms with Crippen molar-refractivity contribution in [2.24, 2.45) is 0 Å². The quantitative estimate of drug-likeness (QED) is 0.107. The van der Waals surface area contributed by atoms with Crippen LogP contribution in [0.4, 0.5) is 0 Å². The van der Waals surface area contributed by atoms with E-state index >= 15 is 0 Å². The summed E-state index contributed by atoms with van der Waals surface area (Å²) in [6.07, 6.45) is 15.1. The van der Waals surface area contributed by atoms with Gasteiger partial charge < -0.3 is 29.9 Å². The van der Waals surface area contributed by atoms with Crippen molar-refractivity contribution in [3.05, 3.63) is 132 Å². The first-order chi connectivity index (χ1) is 25.0. The summed E-state index contributed by atoms with van der Waals surface area (Å²) in [6.45, 7) is 27.3. The Morgan fingerprint density at radius 1 is 0.288 bits per heavy atom. The average molecular weight is 695 g/mol. The molecule has 0 aromatic carbocycles. The van der Waals surface area contributed by atoms with E-state index in [4.69, 9.17) is 0 Å². The van der Waals surface area contributed by atoms with Gasteiger partial charge in [-0.3, -0.25) is 0 Å². The van der Waals surface area contributed by atoms with Gasteiger partial charge in [0.05, 0.1) is 21.4 Å².